The molecular formula is C12H12ClFN2O2. The largest absolute Gasteiger partial charge is 0.496 e. The fourth-order valence-electron chi connectivity index (χ4n) is 1.56. The van der Waals surface area contributed by atoms with Crippen LogP contribution in [0.15, 0.2) is 22.6 Å². The number of aromatic nitrogens is 2. The highest BCUT2D eigenvalue weighted by Gasteiger charge is 2.17. The first-order chi connectivity index (χ1) is 8.76. The van der Waals surface area contributed by atoms with E-state index in [1.807, 2.05) is 0 Å². The van der Waals surface area contributed by atoms with Gasteiger partial charge in [0.15, 0.2) is 0 Å². The van der Waals surface area contributed by atoms with Crippen molar-refractivity contribution in [3.8, 4) is 17.2 Å². The molecule has 0 N–H and O–H groups in total. The number of alkyl halides is 1. The zero-order valence-corrected chi connectivity index (χ0v) is 10.6. The molecule has 96 valence electrons. The molecule has 0 atom stereocenters. The maximum atomic E-state index is 13.8. The van der Waals surface area contributed by atoms with Gasteiger partial charge in [0.05, 0.1) is 7.11 Å². The summed E-state index contributed by atoms with van der Waals surface area (Å²) in [7, 11) is 1.46. The summed E-state index contributed by atoms with van der Waals surface area (Å²) in [5, 5.41) is 7.68. The molecule has 0 spiro atoms. The molecule has 6 heteroatoms. The van der Waals surface area contributed by atoms with E-state index >= 15 is 0 Å². The quantitative estimate of drug-likeness (QED) is 0.784. The number of aryl methyl sites for hydroxylation is 1. The Balaban J connectivity index is 2.33. The van der Waals surface area contributed by atoms with Crippen LogP contribution in [0.3, 0.4) is 0 Å². The third-order valence-corrected chi connectivity index (χ3v) is 2.67. The molecule has 0 aliphatic heterocycles. The minimum Gasteiger partial charge on any atom is -0.496 e. The Morgan fingerprint density at radius 2 is 2.22 bits per heavy atom. The van der Waals surface area contributed by atoms with Crippen molar-refractivity contribution in [2.45, 2.75) is 12.8 Å². The highest BCUT2D eigenvalue weighted by molar-refractivity contribution is 6.17. The predicted molar refractivity (Wildman–Crippen MR) is 65.3 cm³/mol. The van der Waals surface area contributed by atoms with Gasteiger partial charge in [-0.1, -0.05) is 6.07 Å². The number of nitrogens with zero attached hydrogens (tertiary/aromatic N) is 2. The topological polar surface area (TPSA) is 48.2 Å². The average Bonchev–Trinajstić information content (AvgIpc) is 2.84. The third kappa shape index (κ3) is 2.61. The van der Waals surface area contributed by atoms with Crippen molar-refractivity contribution in [2.75, 3.05) is 13.0 Å². The monoisotopic (exact) mass is 270 g/mol. The Kier molecular flexibility index (Phi) is 4.15. The first-order valence-corrected chi connectivity index (χ1v) is 6.01. The molecule has 18 heavy (non-hydrogen) atoms. The van der Waals surface area contributed by atoms with E-state index < -0.39 is 5.82 Å². The fourth-order valence-corrected chi connectivity index (χ4v) is 1.69. The molecule has 2 aromatic rings. The lowest BCUT2D eigenvalue weighted by Gasteiger charge is -2.05. The number of rotatable bonds is 5. The van der Waals surface area contributed by atoms with Gasteiger partial charge in [0.1, 0.15) is 17.1 Å². The van der Waals surface area contributed by atoms with Crippen LogP contribution in [0, 0.1) is 5.82 Å². The van der Waals surface area contributed by atoms with Crippen molar-refractivity contribution in [3.63, 3.8) is 0 Å². The molecule has 0 unspecified atom stereocenters. The molecule has 0 bridgehead atoms. The molecule has 0 fully saturated rings. The zero-order valence-electron chi connectivity index (χ0n) is 9.82. The average molecular weight is 271 g/mol. The van der Waals surface area contributed by atoms with Crippen LogP contribution < -0.4 is 4.74 Å². The molecule has 0 aliphatic carbocycles. The third-order valence-electron chi connectivity index (χ3n) is 2.40. The van der Waals surface area contributed by atoms with Gasteiger partial charge >= 0.3 is 0 Å². The summed E-state index contributed by atoms with van der Waals surface area (Å²) < 4.78 is 24.2. The lowest BCUT2D eigenvalue weighted by Crippen LogP contribution is -1.91. The van der Waals surface area contributed by atoms with Crippen molar-refractivity contribution in [1.29, 1.82) is 0 Å². The van der Waals surface area contributed by atoms with Crippen LogP contribution in [0.25, 0.3) is 11.5 Å². The van der Waals surface area contributed by atoms with Crippen LogP contribution in [0.2, 0.25) is 0 Å². The second kappa shape index (κ2) is 5.82. The molecule has 2 rings (SSSR count). The molecule has 0 amide bonds. The first-order valence-electron chi connectivity index (χ1n) is 5.47. The van der Waals surface area contributed by atoms with Crippen molar-refractivity contribution in [1.82, 2.24) is 10.2 Å². The molecule has 0 aliphatic rings. The summed E-state index contributed by atoms with van der Waals surface area (Å²) in [5.41, 5.74) is 0.185. The van der Waals surface area contributed by atoms with Gasteiger partial charge in [-0.3, -0.25) is 0 Å². The lowest BCUT2D eigenvalue weighted by atomic mass is 10.2. The van der Waals surface area contributed by atoms with Crippen LogP contribution in [-0.2, 0) is 6.42 Å². The number of ether oxygens (including phenoxy) is 1. The van der Waals surface area contributed by atoms with E-state index in [4.69, 9.17) is 20.8 Å². The lowest BCUT2D eigenvalue weighted by molar-refractivity contribution is 0.409. The number of halogens is 2. The highest BCUT2D eigenvalue weighted by atomic mass is 35.5. The highest BCUT2D eigenvalue weighted by Crippen LogP contribution is 2.31. The summed E-state index contributed by atoms with van der Waals surface area (Å²) in [4.78, 5) is 0. The summed E-state index contributed by atoms with van der Waals surface area (Å²) in [6.45, 7) is 0. The molecule has 1 aromatic carbocycles. The van der Waals surface area contributed by atoms with Gasteiger partial charge in [-0.15, -0.1) is 21.8 Å². The predicted octanol–water partition coefficient (Wildman–Crippen LogP) is 3.06. The Hall–Kier alpha value is -1.62. The fraction of sp³-hybridized carbons (Fsp3) is 0.333. The van der Waals surface area contributed by atoms with E-state index in [0.717, 1.165) is 6.42 Å². The van der Waals surface area contributed by atoms with Gasteiger partial charge in [-0.25, -0.2) is 4.39 Å². The van der Waals surface area contributed by atoms with Gasteiger partial charge in [0, 0.05) is 12.3 Å². The molecule has 0 saturated heterocycles. The van der Waals surface area contributed by atoms with Gasteiger partial charge in [-0.2, -0.15) is 0 Å². The van der Waals surface area contributed by atoms with Crippen molar-refractivity contribution < 1.29 is 13.5 Å². The van der Waals surface area contributed by atoms with E-state index in [1.54, 1.807) is 12.1 Å². The molecular weight excluding hydrogens is 259 g/mol. The number of hydrogen-bond acceptors (Lipinski definition) is 4. The summed E-state index contributed by atoms with van der Waals surface area (Å²) in [5.74, 6) is 0.982. The Morgan fingerprint density at radius 1 is 1.39 bits per heavy atom. The van der Waals surface area contributed by atoms with E-state index in [0.29, 0.717) is 23.9 Å². The van der Waals surface area contributed by atoms with Gasteiger partial charge in [0.25, 0.3) is 5.89 Å². The van der Waals surface area contributed by atoms with Crippen LogP contribution >= 0.6 is 11.6 Å². The molecule has 1 aromatic heterocycles. The summed E-state index contributed by atoms with van der Waals surface area (Å²) >= 11 is 5.58. The minimum absolute atomic E-state index is 0.120. The minimum atomic E-state index is -0.457. The first kappa shape index (κ1) is 12.8. The smallest absolute Gasteiger partial charge is 0.254 e. The van der Waals surface area contributed by atoms with Gasteiger partial charge in [-0.05, 0) is 18.6 Å². The van der Waals surface area contributed by atoms with Gasteiger partial charge in [0.2, 0.25) is 5.89 Å². The van der Waals surface area contributed by atoms with Crippen molar-refractivity contribution in [3.05, 3.63) is 29.9 Å². The van der Waals surface area contributed by atoms with Crippen LogP contribution in [0.4, 0.5) is 4.39 Å². The maximum absolute atomic E-state index is 13.8. The van der Waals surface area contributed by atoms with E-state index in [2.05, 4.69) is 10.2 Å². The van der Waals surface area contributed by atoms with Crippen molar-refractivity contribution in [2.24, 2.45) is 0 Å². The van der Waals surface area contributed by atoms with Crippen LogP contribution in [0.1, 0.15) is 12.3 Å². The Morgan fingerprint density at radius 3 is 2.94 bits per heavy atom. The second-order valence-electron chi connectivity index (χ2n) is 3.61. The second-order valence-corrected chi connectivity index (χ2v) is 3.99. The van der Waals surface area contributed by atoms with E-state index in [-0.39, 0.29) is 11.5 Å². The number of benzene rings is 1. The van der Waals surface area contributed by atoms with Crippen LogP contribution in [0.5, 0.6) is 5.75 Å². The van der Waals surface area contributed by atoms with E-state index in [1.165, 1.54) is 13.2 Å². The zero-order chi connectivity index (χ0) is 13.0. The number of methoxy groups -OCH3 is 1. The van der Waals surface area contributed by atoms with Gasteiger partial charge < -0.3 is 9.15 Å². The Labute approximate surface area is 109 Å². The van der Waals surface area contributed by atoms with E-state index in [9.17, 15) is 4.39 Å². The molecule has 1 heterocycles. The SMILES string of the molecule is COc1cccc(F)c1-c1nnc(CCCCl)o1. The summed E-state index contributed by atoms with van der Waals surface area (Å²) in [6.07, 6.45) is 1.31. The standard InChI is InChI=1S/C12H12ClFN2O2/c1-17-9-5-2-4-8(14)11(9)12-16-15-10(18-12)6-3-7-13/h2,4-5H,3,6-7H2,1H3. The molecule has 0 radical (unpaired) electrons. The normalized spacial score (nSPS) is 10.6. The maximum Gasteiger partial charge on any atom is 0.254 e. The van der Waals surface area contributed by atoms with Crippen LogP contribution in [-0.4, -0.2) is 23.2 Å². The Bertz CT molecular complexity index is 531. The number of hydrogen-bond donors (Lipinski definition) is 0. The molecule has 0 saturated carbocycles. The molecule has 4 nitrogen and oxygen atoms in total. The van der Waals surface area contributed by atoms with Crippen molar-refractivity contribution >= 4 is 11.6 Å². The summed E-state index contributed by atoms with van der Waals surface area (Å²) in [6, 6.07) is 4.52.